The van der Waals surface area contributed by atoms with E-state index >= 15 is 0 Å². The minimum atomic E-state index is -0.291. The summed E-state index contributed by atoms with van der Waals surface area (Å²) in [5.41, 5.74) is 0.553. The fourth-order valence-electron chi connectivity index (χ4n) is 2.05. The standard InChI is InChI=1S/C13H17ClN4O/c1-3-11(4-2)18-7-5-10(16-18)9-17-8-6-15-12(14)13(17)19/h5-8,11H,3-4,9H2,1-2H3. The second-order valence-corrected chi connectivity index (χ2v) is 4.77. The highest BCUT2D eigenvalue weighted by Crippen LogP contribution is 2.14. The SMILES string of the molecule is CCC(CC)n1ccc(Cn2ccnc(Cl)c2=O)n1. The first-order chi connectivity index (χ1) is 9.15. The Labute approximate surface area is 116 Å². The van der Waals surface area contributed by atoms with E-state index in [1.165, 1.54) is 10.8 Å². The number of hydrogen-bond acceptors (Lipinski definition) is 3. The number of nitrogens with zero attached hydrogens (tertiary/aromatic N) is 4. The molecule has 102 valence electrons. The van der Waals surface area contributed by atoms with Crippen molar-refractivity contribution in [1.82, 2.24) is 19.3 Å². The third-order valence-corrected chi connectivity index (χ3v) is 3.44. The van der Waals surface area contributed by atoms with Gasteiger partial charge in [-0.2, -0.15) is 5.10 Å². The maximum Gasteiger partial charge on any atom is 0.288 e. The van der Waals surface area contributed by atoms with E-state index in [-0.39, 0.29) is 10.7 Å². The number of halogens is 1. The lowest BCUT2D eigenvalue weighted by Gasteiger charge is -2.12. The van der Waals surface area contributed by atoms with Gasteiger partial charge in [-0.05, 0) is 18.9 Å². The van der Waals surface area contributed by atoms with E-state index in [1.54, 1.807) is 6.20 Å². The van der Waals surface area contributed by atoms with Crippen molar-refractivity contribution in [2.24, 2.45) is 0 Å². The molecule has 0 radical (unpaired) electrons. The molecule has 2 aromatic rings. The van der Waals surface area contributed by atoms with Crippen LogP contribution in [0, 0.1) is 0 Å². The smallest absolute Gasteiger partial charge is 0.288 e. The summed E-state index contributed by atoms with van der Waals surface area (Å²) in [5.74, 6) is 0. The highest BCUT2D eigenvalue weighted by atomic mass is 35.5. The molecule has 0 fully saturated rings. The lowest BCUT2D eigenvalue weighted by molar-refractivity contribution is 0.424. The van der Waals surface area contributed by atoms with E-state index in [0.717, 1.165) is 18.5 Å². The molecule has 19 heavy (non-hydrogen) atoms. The normalized spacial score (nSPS) is 11.2. The quantitative estimate of drug-likeness (QED) is 0.845. The minimum absolute atomic E-state index is 0.0121. The van der Waals surface area contributed by atoms with Crippen LogP contribution in [0.2, 0.25) is 5.15 Å². The molecule has 0 saturated carbocycles. The predicted octanol–water partition coefficient (Wildman–Crippen LogP) is 2.50. The molecule has 0 amide bonds. The zero-order valence-corrected chi connectivity index (χ0v) is 11.8. The number of rotatable bonds is 5. The van der Waals surface area contributed by atoms with Gasteiger partial charge < -0.3 is 4.57 Å². The topological polar surface area (TPSA) is 52.7 Å². The summed E-state index contributed by atoms with van der Waals surface area (Å²) in [6.07, 6.45) is 7.17. The van der Waals surface area contributed by atoms with Gasteiger partial charge >= 0.3 is 0 Å². The summed E-state index contributed by atoms with van der Waals surface area (Å²) >= 11 is 5.71. The Morgan fingerprint density at radius 3 is 2.74 bits per heavy atom. The Morgan fingerprint density at radius 2 is 2.05 bits per heavy atom. The molecule has 0 bridgehead atoms. The van der Waals surface area contributed by atoms with E-state index < -0.39 is 0 Å². The molecule has 0 spiro atoms. The van der Waals surface area contributed by atoms with Crippen molar-refractivity contribution in [1.29, 1.82) is 0 Å². The van der Waals surface area contributed by atoms with E-state index in [9.17, 15) is 4.79 Å². The van der Waals surface area contributed by atoms with Crippen molar-refractivity contribution < 1.29 is 0 Å². The summed E-state index contributed by atoms with van der Waals surface area (Å²) in [5, 5.41) is 4.50. The van der Waals surface area contributed by atoms with Gasteiger partial charge in [-0.3, -0.25) is 9.48 Å². The molecule has 0 aliphatic rings. The molecule has 2 rings (SSSR count). The summed E-state index contributed by atoms with van der Waals surface area (Å²) < 4.78 is 3.47. The van der Waals surface area contributed by atoms with E-state index in [0.29, 0.717) is 12.6 Å². The van der Waals surface area contributed by atoms with Gasteiger partial charge in [0.1, 0.15) is 0 Å². The second kappa shape index (κ2) is 6.02. The summed E-state index contributed by atoms with van der Waals surface area (Å²) in [4.78, 5) is 15.5. The monoisotopic (exact) mass is 280 g/mol. The molecule has 0 aromatic carbocycles. The van der Waals surface area contributed by atoms with Crippen LogP contribution in [0.1, 0.15) is 38.4 Å². The fourth-order valence-corrected chi connectivity index (χ4v) is 2.21. The van der Waals surface area contributed by atoms with Gasteiger partial charge in [0, 0.05) is 18.6 Å². The molecule has 0 atom stereocenters. The first kappa shape index (κ1) is 13.8. The van der Waals surface area contributed by atoms with Gasteiger partial charge in [-0.15, -0.1) is 0 Å². The van der Waals surface area contributed by atoms with Crippen molar-refractivity contribution in [3.05, 3.63) is 45.9 Å². The van der Waals surface area contributed by atoms with Crippen molar-refractivity contribution >= 4 is 11.6 Å². The summed E-state index contributed by atoms with van der Waals surface area (Å²) in [6.45, 7) is 4.69. The molecule has 0 saturated heterocycles. The maximum atomic E-state index is 11.8. The first-order valence-electron chi connectivity index (χ1n) is 6.40. The van der Waals surface area contributed by atoms with Crippen molar-refractivity contribution in [2.45, 2.75) is 39.3 Å². The van der Waals surface area contributed by atoms with E-state index in [1.807, 2.05) is 16.9 Å². The predicted molar refractivity (Wildman–Crippen MR) is 74.5 cm³/mol. The van der Waals surface area contributed by atoms with Crippen LogP contribution in [0.4, 0.5) is 0 Å². The Balaban J connectivity index is 2.20. The Morgan fingerprint density at radius 1 is 1.32 bits per heavy atom. The lowest BCUT2D eigenvalue weighted by Crippen LogP contribution is -2.21. The van der Waals surface area contributed by atoms with Crippen LogP contribution in [-0.4, -0.2) is 19.3 Å². The average molecular weight is 281 g/mol. The number of aromatic nitrogens is 4. The van der Waals surface area contributed by atoms with Gasteiger partial charge in [0.25, 0.3) is 5.56 Å². The minimum Gasteiger partial charge on any atom is -0.305 e. The summed E-state index contributed by atoms with van der Waals surface area (Å²) in [7, 11) is 0. The van der Waals surface area contributed by atoms with Crippen LogP contribution in [0.3, 0.4) is 0 Å². The Kier molecular flexibility index (Phi) is 4.37. The molecule has 2 heterocycles. The van der Waals surface area contributed by atoms with Crippen molar-refractivity contribution in [2.75, 3.05) is 0 Å². The maximum absolute atomic E-state index is 11.8. The van der Waals surface area contributed by atoms with E-state index in [4.69, 9.17) is 11.6 Å². The molecule has 2 aromatic heterocycles. The molecule has 0 aliphatic carbocycles. The largest absolute Gasteiger partial charge is 0.305 e. The fraction of sp³-hybridized carbons (Fsp3) is 0.462. The highest BCUT2D eigenvalue weighted by Gasteiger charge is 2.09. The average Bonchev–Trinajstić information content (AvgIpc) is 2.85. The summed E-state index contributed by atoms with van der Waals surface area (Å²) in [6, 6.07) is 2.34. The van der Waals surface area contributed by atoms with Crippen LogP contribution in [0.25, 0.3) is 0 Å². The van der Waals surface area contributed by atoms with Gasteiger partial charge in [0.2, 0.25) is 0 Å². The Hall–Kier alpha value is -1.62. The second-order valence-electron chi connectivity index (χ2n) is 4.41. The van der Waals surface area contributed by atoms with Crippen LogP contribution in [0.15, 0.2) is 29.5 Å². The van der Waals surface area contributed by atoms with Crippen molar-refractivity contribution in [3.63, 3.8) is 0 Å². The third kappa shape index (κ3) is 3.04. The van der Waals surface area contributed by atoms with Crippen LogP contribution in [-0.2, 0) is 6.54 Å². The Bertz CT molecular complexity index is 601. The van der Waals surface area contributed by atoms with Gasteiger partial charge in [0.15, 0.2) is 5.15 Å². The van der Waals surface area contributed by atoms with Crippen molar-refractivity contribution in [3.8, 4) is 0 Å². The molecular weight excluding hydrogens is 264 g/mol. The van der Waals surface area contributed by atoms with Gasteiger partial charge in [-0.25, -0.2) is 4.98 Å². The number of hydrogen-bond donors (Lipinski definition) is 0. The molecule has 6 heteroatoms. The first-order valence-corrected chi connectivity index (χ1v) is 6.78. The zero-order valence-electron chi connectivity index (χ0n) is 11.1. The van der Waals surface area contributed by atoms with Crippen LogP contribution < -0.4 is 5.56 Å². The lowest BCUT2D eigenvalue weighted by atomic mass is 10.2. The molecule has 0 aliphatic heterocycles. The molecular formula is C13H17ClN4O. The van der Waals surface area contributed by atoms with E-state index in [2.05, 4.69) is 23.9 Å². The molecule has 0 N–H and O–H groups in total. The van der Waals surface area contributed by atoms with Crippen LogP contribution in [0.5, 0.6) is 0 Å². The molecule has 5 nitrogen and oxygen atoms in total. The van der Waals surface area contributed by atoms with Gasteiger partial charge in [-0.1, -0.05) is 25.4 Å². The molecule has 0 unspecified atom stereocenters. The van der Waals surface area contributed by atoms with Gasteiger partial charge in [0.05, 0.1) is 18.3 Å². The van der Waals surface area contributed by atoms with Crippen LogP contribution >= 0.6 is 11.6 Å². The highest BCUT2D eigenvalue weighted by molar-refractivity contribution is 6.29. The third-order valence-electron chi connectivity index (χ3n) is 3.18. The zero-order chi connectivity index (χ0) is 13.8.